The molecule has 4 rings (SSSR count). The molecule has 3 N–H and O–H groups in total. The number of rotatable bonds is 0. The summed E-state index contributed by atoms with van der Waals surface area (Å²) in [5, 5.41) is 32.4. The van der Waals surface area contributed by atoms with Gasteiger partial charge in [0.15, 0.2) is 0 Å². The van der Waals surface area contributed by atoms with Gasteiger partial charge in [-0.2, -0.15) is 0 Å². The molecule has 34 heavy (non-hydrogen) atoms. The second kappa shape index (κ2) is 9.04. The first-order chi connectivity index (χ1) is 16.0. The van der Waals surface area contributed by atoms with E-state index in [1.54, 1.807) is 0 Å². The molecule has 7 nitrogen and oxygen atoms in total. The molecule has 0 amide bonds. The summed E-state index contributed by atoms with van der Waals surface area (Å²) in [5.74, 6) is 4.77. The van der Waals surface area contributed by atoms with Crippen molar-refractivity contribution in [1.82, 2.24) is 0 Å². The number of carbonyl (C=O) groups is 2. The molecular weight excluding hydrogens is 436 g/mol. The van der Waals surface area contributed by atoms with Crippen molar-refractivity contribution in [1.29, 1.82) is 0 Å². The molecule has 0 aromatic heterocycles. The zero-order valence-electron chi connectivity index (χ0n) is 20.2. The van der Waals surface area contributed by atoms with Gasteiger partial charge in [-0.15, -0.1) is 0 Å². The predicted molar refractivity (Wildman–Crippen MR) is 122 cm³/mol. The molecule has 0 radical (unpaired) electrons. The fraction of sp³-hybridized carbons (Fsp3) is 0.704. The van der Waals surface area contributed by atoms with Crippen molar-refractivity contribution in [2.45, 2.75) is 78.1 Å². The van der Waals surface area contributed by atoms with Crippen LogP contribution in [0.3, 0.4) is 0 Å². The minimum absolute atomic E-state index is 0.0212. The van der Waals surface area contributed by atoms with Gasteiger partial charge in [0.1, 0.15) is 12.2 Å². The highest BCUT2D eigenvalue weighted by atomic mass is 16.5. The number of esters is 2. The standard InChI is InChI=1S/C27H34O7/c1-15(28)33-9-6-17-11-19-12-22(30)24-20(5-8-26(3)21(24)13-23(31)25(26)32)27(19,4)14-18(17)7-10-34-16(2)29/h12,17-18,20-25,30-32H,5,8,11,13-14H2,1-4H3/t17?,18?,20-,21+,22?,23?,24-,25?,26+,27+/m1/s1. The highest BCUT2D eigenvalue weighted by molar-refractivity contribution is 5.67. The third-order valence-corrected chi connectivity index (χ3v) is 9.07. The maximum absolute atomic E-state index is 11.3. The van der Waals surface area contributed by atoms with Crippen LogP contribution in [0.2, 0.25) is 0 Å². The van der Waals surface area contributed by atoms with E-state index in [0.29, 0.717) is 19.3 Å². The Bertz CT molecular complexity index is 1010. The lowest BCUT2D eigenvalue weighted by atomic mass is 9.46. The maximum Gasteiger partial charge on any atom is 0.316 e. The molecule has 3 fully saturated rings. The number of aliphatic hydroxyl groups is 3. The molecule has 10 atom stereocenters. The van der Waals surface area contributed by atoms with Crippen LogP contribution in [0.15, 0.2) is 11.6 Å². The Morgan fingerprint density at radius 2 is 1.62 bits per heavy atom. The van der Waals surface area contributed by atoms with Crippen molar-refractivity contribution in [3.05, 3.63) is 11.6 Å². The van der Waals surface area contributed by atoms with Crippen molar-refractivity contribution in [2.75, 3.05) is 0 Å². The van der Waals surface area contributed by atoms with E-state index >= 15 is 0 Å². The van der Waals surface area contributed by atoms with E-state index in [4.69, 9.17) is 9.47 Å². The van der Waals surface area contributed by atoms with E-state index in [1.165, 1.54) is 13.8 Å². The van der Waals surface area contributed by atoms with Crippen LogP contribution in [0, 0.1) is 64.5 Å². The fourth-order valence-electron chi connectivity index (χ4n) is 7.37. The second-order valence-electron chi connectivity index (χ2n) is 11.0. The molecule has 7 heteroatoms. The van der Waals surface area contributed by atoms with Crippen LogP contribution in [0.25, 0.3) is 0 Å². The maximum atomic E-state index is 11.3. The molecule has 0 saturated heterocycles. The zero-order chi connectivity index (χ0) is 24.8. The number of ether oxygens (including phenoxy) is 2. The quantitative estimate of drug-likeness (QED) is 0.282. The largest absolute Gasteiger partial charge is 0.390 e. The lowest BCUT2D eigenvalue weighted by Gasteiger charge is -2.59. The van der Waals surface area contributed by atoms with Crippen molar-refractivity contribution >= 4 is 11.9 Å². The van der Waals surface area contributed by atoms with Crippen LogP contribution in [0.5, 0.6) is 0 Å². The van der Waals surface area contributed by atoms with Crippen molar-refractivity contribution in [3.63, 3.8) is 0 Å². The number of hydrogen-bond acceptors (Lipinski definition) is 7. The minimum atomic E-state index is -0.779. The first-order valence-electron chi connectivity index (χ1n) is 12.1. The Morgan fingerprint density at radius 3 is 2.24 bits per heavy atom. The van der Waals surface area contributed by atoms with Gasteiger partial charge < -0.3 is 24.8 Å². The van der Waals surface area contributed by atoms with Crippen molar-refractivity contribution in [3.8, 4) is 24.1 Å². The van der Waals surface area contributed by atoms with E-state index in [0.717, 1.165) is 18.4 Å². The number of fused-ring (bicyclic) bond motifs is 5. The Kier molecular flexibility index (Phi) is 6.59. The summed E-state index contributed by atoms with van der Waals surface area (Å²) in [4.78, 5) is 22.4. The topological polar surface area (TPSA) is 113 Å². The van der Waals surface area contributed by atoms with Gasteiger partial charge in [0, 0.05) is 25.7 Å². The molecule has 0 bridgehead atoms. The van der Waals surface area contributed by atoms with Crippen LogP contribution in [-0.4, -0.2) is 45.6 Å². The lowest BCUT2D eigenvalue weighted by Crippen LogP contribution is -2.55. The first kappa shape index (κ1) is 24.8. The first-order valence-corrected chi connectivity index (χ1v) is 12.1. The Hall–Kier alpha value is -2.32. The number of aliphatic hydroxyl groups excluding tert-OH is 3. The van der Waals surface area contributed by atoms with Gasteiger partial charge in [-0.1, -0.05) is 37.3 Å². The summed E-state index contributed by atoms with van der Waals surface area (Å²) in [5.41, 5.74) is 0.459. The predicted octanol–water partition coefficient (Wildman–Crippen LogP) is 2.14. The van der Waals surface area contributed by atoms with Crippen molar-refractivity contribution < 1.29 is 34.4 Å². The smallest absolute Gasteiger partial charge is 0.316 e. The van der Waals surface area contributed by atoms with Crippen LogP contribution in [0.1, 0.15) is 59.8 Å². The van der Waals surface area contributed by atoms with Crippen LogP contribution in [0.4, 0.5) is 0 Å². The summed E-state index contributed by atoms with van der Waals surface area (Å²) >= 11 is 0. The fourth-order valence-corrected chi connectivity index (χ4v) is 7.37. The van der Waals surface area contributed by atoms with Crippen LogP contribution < -0.4 is 0 Å². The average molecular weight is 471 g/mol. The molecule has 4 aliphatic rings. The van der Waals surface area contributed by atoms with E-state index in [9.17, 15) is 24.9 Å². The Labute approximate surface area is 200 Å². The van der Waals surface area contributed by atoms with Crippen molar-refractivity contribution in [2.24, 2.45) is 40.4 Å². The molecule has 0 heterocycles. The van der Waals surface area contributed by atoms with E-state index in [2.05, 4.69) is 31.0 Å². The van der Waals surface area contributed by atoms with E-state index < -0.39 is 35.7 Å². The molecular formula is C27H34O7. The molecule has 5 unspecified atom stereocenters. The monoisotopic (exact) mass is 470 g/mol. The normalized spacial score (nSPS) is 44.5. The molecule has 3 saturated carbocycles. The molecule has 0 spiro atoms. The van der Waals surface area contributed by atoms with E-state index in [1.807, 2.05) is 13.0 Å². The van der Waals surface area contributed by atoms with Gasteiger partial charge in [-0.05, 0) is 60.7 Å². The SMILES string of the molecule is CC(=O)OC#CC1CC2=CC(O)[C@@H]3[C@@H](CC[C@]4(C)C(O)C(O)C[C@@H]34)[C@@]2(C)CC1C#COC(C)=O. The summed E-state index contributed by atoms with van der Waals surface area (Å²) in [6.07, 6.45) is 8.07. The Morgan fingerprint density at radius 1 is 1.00 bits per heavy atom. The van der Waals surface area contributed by atoms with Gasteiger partial charge in [0.25, 0.3) is 0 Å². The number of carbonyl (C=O) groups excluding carboxylic acids is 2. The van der Waals surface area contributed by atoms with Gasteiger partial charge in [0.05, 0.1) is 18.3 Å². The second-order valence-corrected chi connectivity index (χ2v) is 11.0. The van der Waals surface area contributed by atoms with Gasteiger partial charge >= 0.3 is 11.9 Å². The van der Waals surface area contributed by atoms with Crippen LogP contribution in [-0.2, 0) is 19.1 Å². The van der Waals surface area contributed by atoms with E-state index in [-0.39, 0.29) is 35.0 Å². The molecule has 0 aliphatic heterocycles. The average Bonchev–Trinajstić information content (AvgIpc) is 2.98. The molecule has 0 aromatic carbocycles. The summed E-state index contributed by atoms with van der Waals surface area (Å²) < 4.78 is 9.71. The Balaban J connectivity index is 1.68. The molecule has 4 aliphatic carbocycles. The highest BCUT2D eigenvalue weighted by Crippen LogP contribution is 2.65. The summed E-state index contributed by atoms with van der Waals surface area (Å²) in [7, 11) is 0. The van der Waals surface area contributed by atoms with Gasteiger partial charge in [0.2, 0.25) is 0 Å². The number of hydrogen-bond donors (Lipinski definition) is 3. The lowest BCUT2D eigenvalue weighted by molar-refractivity contribution is -0.135. The summed E-state index contributed by atoms with van der Waals surface area (Å²) in [6.45, 7) is 6.84. The summed E-state index contributed by atoms with van der Waals surface area (Å²) in [6, 6.07) is 0. The number of allylic oxidation sites excluding steroid dienone is 1. The molecule has 0 aromatic rings. The third kappa shape index (κ3) is 4.15. The zero-order valence-corrected chi connectivity index (χ0v) is 20.2. The van der Waals surface area contributed by atoms with Gasteiger partial charge in [-0.3, -0.25) is 9.59 Å². The highest BCUT2D eigenvalue weighted by Gasteiger charge is 2.63. The molecule has 184 valence electrons. The van der Waals surface area contributed by atoms with Crippen LogP contribution >= 0.6 is 0 Å². The minimum Gasteiger partial charge on any atom is -0.390 e. The van der Waals surface area contributed by atoms with Gasteiger partial charge in [-0.25, -0.2) is 0 Å². The third-order valence-electron chi connectivity index (χ3n) is 9.07.